The smallest absolute Gasteiger partial charge is 0.543 e. The molecule has 0 radical (unpaired) electrons. The Bertz CT molecular complexity index is 693. The van der Waals surface area contributed by atoms with E-state index in [1.165, 1.54) is 16.7 Å². The number of aromatic nitrogens is 1. The summed E-state index contributed by atoms with van der Waals surface area (Å²) in [6.07, 6.45) is 3.79. The fourth-order valence-corrected chi connectivity index (χ4v) is 4.26. The van der Waals surface area contributed by atoms with Crippen LogP contribution in [-0.2, 0) is 14.3 Å². The van der Waals surface area contributed by atoms with Gasteiger partial charge in [0.05, 0.1) is 29.2 Å². The van der Waals surface area contributed by atoms with Crippen molar-refractivity contribution in [1.82, 2.24) is 9.88 Å². The molecule has 3 heterocycles. The molecule has 1 aromatic rings. The van der Waals surface area contributed by atoms with Gasteiger partial charge in [0.2, 0.25) is 5.91 Å². The minimum absolute atomic E-state index is 0. The summed E-state index contributed by atoms with van der Waals surface area (Å²) in [6, 6.07) is 3.42. The monoisotopic (exact) mass is 372 g/mol. The summed E-state index contributed by atoms with van der Waals surface area (Å²) in [5.74, 6) is -1.88. The molecule has 0 aromatic carbocycles. The third-order valence-electron chi connectivity index (χ3n) is 4.48. The molecule has 2 atom stereocenters. The number of aliphatic carboxylic acids is 1. The number of pyridine rings is 1. The first-order valence-corrected chi connectivity index (χ1v) is 8.09. The number of carboxylic acids is 1. The van der Waals surface area contributed by atoms with Crippen LogP contribution in [0.1, 0.15) is 20.3 Å². The Hall–Kier alpha value is -0.224. The summed E-state index contributed by atoms with van der Waals surface area (Å²) in [4.78, 5) is 30.8. The van der Waals surface area contributed by atoms with Crippen LogP contribution in [0.2, 0.25) is 0 Å². The van der Waals surface area contributed by atoms with E-state index in [1.807, 2.05) is 13.8 Å². The molecular formula is C16H17KN2O4S. The van der Waals surface area contributed by atoms with E-state index in [0.29, 0.717) is 11.3 Å². The molecule has 0 bridgehead atoms. The molecule has 6 nitrogen and oxygen atoms in total. The number of carbonyl (C=O) groups excluding carboxylic acids is 2. The van der Waals surface area contributed by atoms with Crippen LogP contribution in [-0.4, -0.2) is 40.5 Å². The molecule has 3 rings (SSSR count). The van der Waals surface area contributed by atoms with Gasteiger partial charge in [-0.3, -0.25) is 9.78 Å². The second-order valence-corrected chi connectivity index (χ2v) is 7.28. The third-order valence-corrected chi connectivity index (χ3v) is 5.59. The summed E-state index contributed by atoms with van der Waals surface area (Å²) in [6.45, 7) is 3.69. The number of nitrogens with zero attached hydrogens (tertiary/aromatic N) is 2. The standard InChI is InChI=1S/C16H18N2O4S.K/c1-16(2,22-3)12-10-8-11(23-9-4-6-17-7-5-9)13(15(20)21)18(10)14(12)19;/h4-7,10,12H,8H2,1-3H3,(H,20,21);/q;+1/p-1/t10-,12+;/m1./s1. The van der Waals surface area contributed by atoms with E-state index < -0.39 is 11.6 Å². The number of rotatable bonds is 5. The number of thioether (sulfide) groups is 1. The van der Waals surface area contributed by atoms with Gasteiger partial charge < -0.3 is 19.5 Å². The van der Waals surface area contributed by atoms with Crippen molar-refractivity contribution in [3.63, 3.8) is 0 Å². The van der Waals surface area contributed by atoms with E-state index in [1.54, 1.807) is 31.6 Å². The van der Waals surface area contributed by atoms with E-state index in [0.717, 1.165) is 4.90 Å². The van der Waals surface area contributed by atoms with Crippen LogP contribution in [0.5, 0.6) is 0 Å². The number of carboxylic acid groups (broad SMARTS) is 1. The largest absolute Gasteiger partial charge is 1.00 e. The Morgan fingerprint density at radius 2 is 2.04 bits per heavy atom. The van der Waals surface area contributed by atoms with Crippen molar-refractivity contribution >= 4 is 23.6 Å². The third kappa shape index (κ3) is 3.37. The average molecular weight is 372 g/mol. The molecule has 8 heteroatoms. The number of hydrogen-bond donors (Lipinski definition) is 0. The van der Waals surface area contributed by atoms with Crippen LogP contribution in [0.4, 0.5) is 0 Å². The molecule has 0 saturated carbocycles. The number of hydrogen-bond acceptors (Lipinski definition) is 6. The van der Waals surface area contributed by atoms with Gasteiger partial charge >= 0.3 is 51.4 Å². The predicted molar refractivity (Wildman–Crippen MR) is 82.0 cm³/mol. The summed E-state index contributed by atoms with van der Waals surface area (Å²) >= 11 is 1.34. The van der Waals surface area contributed by atoms with E-state index in [9.17, 15) is 14.7 Å². The predicted octanol–water partition coefficient (Wildman–Crippen LogP) is -2.21. The van der Waals surface area contributed by atoms with Gasteiger partial charge in [-0.15, -0.1) is 0 Å². The van der Waals surface area contributed by atoms with E-state index in [2.05, 4.69) is 4.98 Å². The van der Waals surface area contributed by atoms with Crippen LogP contribution >= 0.6 is 11.8 Å². The Morgan fingerprint density at radius 3 is 2.58 bits per heavy atom. The van der Waals surface area contributed by atoms with E-state index in [-0.39, 0.29) is 74.9 Å². The van der Waals surface area contributed by atoms with Crippen molar-refractivity contribution in [2.24, 2.45) is 5.92 Å². The van der Waals surface area contributed by atoms with Crippen LogP contribution in [0.15, 0.2) is 40.0 Å². The van der Waals surface area contributed by atoms with Gasteiger partial charge in [-0.05, 0) is 26.0 Å². The molecule has 0 unspecified atom stereocenters. The fourth-order valence-electron chi connectivity index (χ4n) is 3.19. The van der Waals surface area contributed by atoms with Crippen molar-refractivity contribution in [1.29, 1.82) is 0 Å². The fraction of sp³-hybridized carbons (Fsp3) is 0.438. The summed E-state index contributed by atoms with van der Waals surface area (Å²) in [5.41, 5.74) is -0.642. The van der Waals surface area contributed by atoms with Crippen molar-refractivity contribution in [3.05, 3.63) is 35.1 Å². The molecule has 0 spiro atoms. The quantitative estimate of drug-likeness (QED) is 0.431. The van der Waals surface area contributed by atoms with Crippen LogP contribution in [0.25, 0.3) is 0 Å². The molecule has 1 amide bonds. The van der Waals surface area contributed by atoms with Gasteiger partial charge in [-0.25, -0.2) is 0 Å². The summed E-state index contributed by atoms with van der Waals surface area (Å²) in [5, 5.41) is 11.5. The molecule has 0 N–H and O–H groups in total. The summed E-state index contributed by atoms with van der Waals surface area (Å²) in [7, 11) is 1.56. The minimum atomic E-state index is -1.31. The van der Waals surface area contributed by atoms with Gasteiger partial charge in [0.15, 0.2) is 0 Å². The normalized spacial score (nSPS) is 22.8. The second-order valence-electron chi connectivity index (χ2n) is 6.11. The molecule has 2 aliphatic rings. The average Bonchev–Trinajstić information content (AvgIpc) is 2.82. The minimum Gasteiger partial charge on any atom is -0.543 e. The first kappa shape index (κ1) is 20.1. The zero-order valence-corrected chi connectivity index (χ0v) is 18.0. The van der Waals surface area contributed by atoms with E-state index >= 15 is 0 Å². The number of β-lactam (4-membered cyclic amide) rings is 1. The zero-order chi connectivity index (χ0) is 16.8. The van der Waals surface area contributed by atoms with Crippen molar-refractivity contribution in [2.75, 3.05) is 7.11 Å². The van der Waals surface area contributed by atoms with Gasteiger partial charge in [0, 0.05) is 35.7 Å². The van der Waals surface area contributed by atoms with Crippen LogP contribution in [0.3, 0.4) is 0 Å². The molecule has 1 aromatic heterocycles. The van der Waals surface area contributed by atoms with Crippen molar-refractivity contribution in [2.45, 2.75) is 36.8 Å². The number of fused-ring (bicyclic) bond motifs is 1. The van der Waals surface area contributed by atoms with Gasteiger partial charge in [-0.1, -0.05) is 11.8 Å². The second kappa shape index (κ2) is 7.57. The summed E-state index contributed by atoms with van der Waals surface area (Å²) < 4.78 is 5.43. The van der Waals surface area contributed by atoms with Gasteiger partial charge in [-0.2, -0.15) is 0 Å². The Balaban J connectivity index is 0.00000208. The Labute approximate surface area is 187 Å². The van der Waals surface area contributed by atoms with Gasteiger partial charge in [0.1, 0.15) is 0 Å². The zero-order valence-electron chi connectivity index (χ0n) is 14.1. The topological polar surface area (TPSA) is 82.6 Å². The molecule has 0 aliphatic carbocycles. The molecule has 2 aliphatic heterocycles. The SMILES string of the molecule is COC(C)(C)[C@@H]1C(=O)N2C(C(=O)[O-])=C(Sc3ccncc3)C[C@H]12.[K+]. The maximum Gasteiger partial charge on any atom is 1.00 e. The molecule has 1 fully saturated rings. The van der Waals surface area contributed by atoms with Crippen LogP contribution in [0, 0.1) is 5.92 Å². The number of methoxy groups -OCH3 is 1. The molecule has 122 valence electrons. The van der Waals surface area contributed by atoms with E-state index in [4.69, 9.17) is 4.74 Å². The maximum atomic E-state index is 12.5. The van der Waals surface area contributed by atoms with Crippen molar-refractivity contribution < 1.29 is 70.8 Å². The van der Waals surface area contributed by atoms with Gasteiger partial charge in [0.25, 0.3) is 0 Å². The maximum absolute atomic E-state index is 12.5. The molecule has 24 heavy (non-hydrogen) atoms. The number of amides is 1. The Morgan fingerprint density at radius 1 is 1.42 bits per heavy atom. The van der Waals surface area contributed by atoms with Crippen LogP contribution < -0.4 is 56.5 Å². The Kier molecular flexibility index (Phi) is 6.34. The number of ether oxygens (including phenoxy) is 1. The number of carbonyl (C=O) groups is 2. The molecule has 1 saturated heterocycles. The first-order chi connectivity index (χ1) is 10.9. The van der Waals surface area contributed by atoms with Crippen molar-refractivity contribution in [3.8, 4) is 0 Å². The first-order valence-electron chi connectivity index (χ1n) is 7.27. The molecular weight excluding hydrogens is 355 g/mol.